The lowest BCUT2D eigenvalue weighted by atomic mass is 10.0. The van der Waals surface area contributed by atoms with Gasteiger partial charge in [0.1, 0.15) is 6.04 Å². The molecule has 1 saturated heterocycles. The molecule has 0 aliphatic carbocycles. The summed E-state index contributed by atoms with van der Waals surface area (Å²) in [7, 11) is 0. The van der Waals surface area contributed by atoms with Crippen LogP contribution >= 0.6 is 0 Å². The predicted octanol–water partition coefficient (Wildman–Crippen LogP) is 6.78. The zero-order valence-corrected chi connectivity index (χ0v) is 35.2. The van der Waals surface area contributed by atoms with E-state index in [-0.39, 0.29) is 42.0 Å². The van der Waals surface area contributed by atoms with Gasteiger partial charge in [0.05, 0.1) is 82.9 Å². The molecule has 1 aromatic rings. The number of imide groups is 2. The minimum absolute atomic E-state index is 0.0346. The highest BCUT2D eigenvalue weighted by Crippen LogP contribution is 2.32. The maximum Gasteiger partial charge on any atom is 0.264 e. The first kappa shape index (κ1) is 49.1. The quantitative estimate of drug-likeness (QED) is 0.0537. The van der Waals surface area contributed by atoms with Crippen LogP contribution in [0.15, 0.2) is 18.2 Å². The molecule has 1 aromatic carbocycles. The largest absolute Gasteiger partial charge is 0.379 e. The van der Waals surface area contributed by atoms with Gasteiger partial charge in [0.25, 0.3) is 11.8 Å². The predicted molar refractivity (Wildman–Crippen MR) is 221 cm³/mol. The van der Waals surface area contributed by atoms with Crippen molar-refractivity contribution in [1.29, 1.82) is 0 Å². The second-order valence-electron chi connectivity index (χ2n) is 15.0. The molecule has 328 valence electrons. The van der Waals surface area contributed by atoms with Crippen LogP contribution in [0, 0.1) is 0 Å². The van der Waals surface area contributed by atoms with E-state index in [1.54, 1.807) is 12.1 Å². The number of carbonyl (C=O) groups excluding carboxylic acids is 5. The normalized spacial score (nSPS) is 15.3. The summed E-state index contributed by atoms with van der Waals surface area (Å²) in [4.78, 5) is 63.6. The number of nitrogens with one attached hydrogen (secondary N) is 2. The molecule has 2 aliphatic heterocycles. The van der Waals surface area contributed by atoms with Crippen LogP contribution in [-0.2, 0) is 42.8 Å². The third kappa shape index (κ3) is 20.1. The number of carbonyl (C=O) groups is 5. The molecule has 14 heteroatoms. The second kappa shape index (κ2) is 31.6. The Bertz CT molecular complexity index is 1340. The van der Waals surface area contributed by atoms with E-state index in [0.717, 1.165) is 30.8 Å². The smallest absolute Gasteiger partial charge is 0.264 e. The minimum atomic E-state index is -1.07. The molecule has 1 atom stereocenters. The van der Waals surface area contributed by atoms with Crippen molar-refractivity contribution in [3.05, 3.63) is 29.3 Å². The van der Waals surface area contributed by atoms with Gasteiger partial charge in [-0.25, -0.2) is 0 Å². The Balaban J connectivity index is 1.02. The van der Waals surface area contributed by atoms with Crippen LogP contribution in [0.1, 0.15) is 150 Å². The number of amides is 5. The molecule has 2 aliphatic rings. The molecular formula is C44H71N3O11. The van der Waals surface area contributed by atoms with E-state index in [0.29, 0.717) is 79.1 Å². The van der Waals surface area contributed by atoms with Gasteiger partial charge in [-0.3, -0.25) is 34.2 Å². The fraction of sp³-hybridized carbons (Fsp3) is 0.750. The van der Waals surface area contributed by atoms with Crippen LogP contribution in [0.2, 0.25) is 0 Å². The van der Waals surface area contributed by atoms with Gasteiger partial charge in [0.2, 0.25) is 17.7 Å². The summed E-state index contributed by atoms with van der Waals surface area (Å²) in [6.07, 6.45) is 20.1. The number of nitrogens with zero attached hydrogens (tertiary/aromatic N) is 1. The van der Waals surface area contributed by atoms with Crippen LogP contribution in [0.4, 0.5) is 5.69 Å². The molecule has 0 radical (unpaired) electrons. The summed E-state index contributed by atoms with van der Waals surface area (Å²) >= 11 is 0. The van der Waals surface area contributed by atoms with Crippen molar-refractivity contribution in [3.63, 3.8) is 0 Å². The highest BCUT2D eigenvalue weighted by Gasteiger charge is 2.45. The molecule has 0 aromatic heterocycles. The fourth-order valence-electron chi connectivity index (χ4n) is 6.92. The number of anilines is 1. The summed E-state index contributed by atoms with van der Waals surface area (Å²) < 4.78 is 33.5. The van der Waals surface area contributed by atoms with Crippen molar-refractivity contribution in [2.24, 2.45) is 0 Å². The van der Waals surface area contributed by atoms with E-state index in [9.17, 15) is 24.0 Å². The molecular weight excluding hydrogens is 746 g/mol. The third-order valence-electron chi connectivity index (χ3n) is 10.2. The topological polar surface area (TPSA) is 168 Å². The van der Waals surface area contributed by atoms with E-state index in [1.807, 2.05) is 0 Å². The maximum atomic E-state index is 13.2. The molecule has 58 heavy (non-hydrogen) atoms. The first-order valence-electron chi connectivity index (χ1n) is 22.0. The average Bonchev–Trinajstić information content (AvgIpc) is 3.47. The Hall–Kier alpha value is -3.27. The van der Waals surface area contributed by atoms with Crippen molar-refractivity contribution >= 4 is 35.2 Å². The number of rotatable bonds is 37. The van der Waals surface area contributed by atoms with E-state index in [2.05, 4.69) is 17.6 Å². The number of hydrogen-bond acceptors (Lipinski definition) is 11. The van der Waals surface area contributed by atoms with Gasteiger partial charge in [-0.05, 0) is 37.8 Å². The van der Waals surface area contributed by atoms with Crippen molar-refractivity contribution < 1.29 is 52.4 Å². The first-order valence-corrected chi connectivity index (χ1v) is 22.0. The molecule has 2 N–H and O–H groups in total. The Morgan fingerprint density at radius 1 is 0.603 bits per heavy atom. The van der Waals surface area contributed by atoms with Crippen LogP contribution in [-0.4, -0.2) is 120 Å². The number of piperidine rings is 1. The standard InChI is InChI=1S/C44H71N3O11/c1-2-3-4-5-6-7-8-9-10-11-12-13-16-24-53-26-28-55-30-32-57-34-35-58-33-31-56-29-27-54-25-17-14-15-21-39(48)45-37-20-18-19-36-41(37)44(52)47(43(36)51)38-22-23-40(49)46-42(38)50/h18-20,38H,2-17,21-35H2,1H3,(H,45,48)(H,46,49,50). The zero-order chi connectivity index (χ0) is 41.5. The summed E-state index contributed by atoms with van der Waals surface area (Å²) in [5, 5.41) is 4.92. The molecule has 3 rings (SSSR count). The number of benzene rings is 1. The second-order valence-corrected chi connectivity index (χ2v) is 15.0. The Kier molecular flexibility index (Phi) is 26.8. The highest BCUT2D eigenvalue weighted by molar-refractivity contribution is 6.26. The van der Waals surface area contributed by atoms with Gasteiger partial charge in [0, 0.05) is 26.1 Å². The number of hydrogen-bond donors (Lipinski definition) is 2. The van der Waals surface area contributed by atoms with E-state index in [1.165, 1.54) is 83.1 Å². The lowest BCUT2D eigenvalue weighted by Gasteiger charge is -2.27. The summed E-state index contributed by atoms with van der Waals surface area (Å²) in [5.41, 5.74) is 0.408. The van der Waals surface area contributed by atoms with E-state index >= 15 is 0 Å². The number of fused-ring (bicyclic) bond motifs is 1. The van der Waals surface area contributed by atoms with Gasteiger partial charge in [-0.15, -0.1) is 0 Å². The summed E-state index contributed by atoms with van der Waals surface area (Å²) in [5.74, 6) is -2.68. The van der Waals surface area contributed by atoms with Crippen molar-refractivity contribution in [2.45, 2.75) is 135 Å². The SMILES string of the molecule is CCCCCCCCCCCCCCCOCCOCCOCCOCCOCCOCCCCCC(=O)Nc1cccc2c1C(=O)N(C1CCC(=O)NC1=O)C2=O. The molecule has 5 amide bonds. The van der Waals surface area contributed by atoms with Crippen LogP contribution < -0.4 is 10.6 Å². The zero-order valence-electron chi connectivity index (χ0n) is 35.2. The first-order chi connectivity index (χ1) is 28.4. The van der Waals surface area contributed by atoms with Gasteiger partial charge in [-0.2, -0.15) is 0 Å². The van der Waals surface area contributed by atoms with Crippen LogP contribution in [0.3, 0.4) is 0 Å². The molecule has 0 bridgehead atoms. The summed E-state index contributed by atoms with van der Waals surface area (Å²) in [6.45, 7) is 8.80. The maximum absolute atomic E-state index is 13.2. The highest BCUT2D eigenvalue weighted by atomic mass is 16.6. The molecule has 1 unspecified atom stereocenters. The fourth-order valence-corrected chi connectivity index (χ4v) is 6.92. The molecule has 1 fully saturated rings. The monoisotopic (exact) mass is 818 g/mol. The van der Waals surface area contributed by atoms with Crippen LogP contribution in [0.25, 0.3) is 0 Å². The minimum Gasteiger partial charge on any atom is -0.379 e. The number of unbranched alkanes of at least 4 members (excludes halogenated alkanes) is 14. The Morgan fingerprint density at radius 3 is 1.53 bits per heavy atom. The lowest BCUT2D eigenvalue weighted by Crippen LogP contribution is -2.54. The lowest BCUT2D eigenvalue weighted by molar-refractivity contribution is -0.136. The van der Waals surface area contributed by atoms with E-state index < -0.39 is 29.7 Å². The van der Waals surface area contributed by atoms with E-state index in [4.69, 9.17) is 28.4 Å². The van der Waals surface area contributed by atoms with Crippen molar-refractivity contribution in [3.8, 4) is 0 Å². The van der Waals surface area contributed by atoms with Gasteiger partial charge in [-0.1, -0.05) is 96.5 Å². The molecule has 0 spiro atoms. The van der Waals surface area contributed by atoms with Gasteiger partial charge in [0.15, 0.2) is 0 Å². The van der Waals surface area contributed by atoms with Crippen LogP contribution in [0.5, 0.6) is 0 Å². The van der Waals surface area contributed by atoms with Gasteiger partial charge >= 0.3 is 0 Å². The Morgan fingerprint density at radius 2 is 1.05 bits per heavy atom. The number of ether oxygens (including phenoxy) is 6. The van der Waals surface area contributed by atoms with Gasteiger partial charge < -0.3 is 33.7 Å². The summed E-state index contributed by atoms with van der Waals surface area (Å²) in [6, 6.07) is 3.56. The Labute approximate surface area is 346 Å². The average molecular weight is 818 g/mol. The molecule has 14 nitrogen and oxygen atoms in total. The third-order valence-corrected chi connectivity index (χ3v) is 10.2. The van der Waals surface area contributed by atoms with Crippen molar-refractivity contribution in [2.75, 3.05) is 84.6 Å². The molecule has 2 heterocycles. The van der Waals surface area contributed by atoms with Crippen molar-refractivity contribution in [1.82, 2.24) is 10.2 Å². The molecule has 0 saturated carbocycles.